The van der Waals surface area contributed by atoms with Gasteiger partial charge >= 0.3 is 0 Å². The van der Waals surface area contributed by atoms with Gasteiger partial charge in [0.15, 0.2) is 0 Å². The number of benzene rings is 1. The summed E-state index contributed by atoms with van der Waals surface area (Å²) in [6.45, 7) is 4.90. The molecule has 26 heavy (non-hydrogen) atoms. The summed E-state index contributed by atoms with van der Waals surface area (Å²) in [5.74, 6) is -1.21. The largest absolute Gasteiger partial charge is 0.342 e. The molecular weight excluding hydrogens is 402 g/mol. The number of amides is 4. The summed E-state index contributed by atoms with van der Waals surface area (Å²) in [6, 6.07) is 4.90. The summed E-state index contributed by atoms with van der Waals surface area (Å²) in [7, 11) is 1.54. The van der Waals surface area contributed by atoms with Crippen LogP contribution in [-0.2, 0) is 9.59 Å². The van der Waals surface area contributed by atoms with Gasteiger partial charge in [-0.3, -0.25) is 24.1 Å². The molecule has 140 valence electrons. The van der Waals surface area contributed by atoms with Crippen LogP contribution in [0.3, 0.4) is 0 Å². The number of nitrogens with zero attached hydrogens (tertiary/aromatic N) is 3. The minimum atomic E-state index is -0.402. The molecule has 1 aliphatic rings. The Morgan fingerprint density at radius 1 is 1.04 bits per heavy atom. The molecule has 7 nitrogen and oxygen atoms in total. The van der Waals surface area contributed by atoms with Gasteiger partial charge in [0.1, 0.15) is 0 Å². The quantitative estimate of drug-likeness (QED) is 0.625. The van der Waals surface area contributed by atoms with E-state index in [2.05, 4.69) is 15.9 Å². The van der Waals surface area contributed by atoms with Crippen LogP contribution in [0.25, 0.3) is 0 Å². The first-order valence-electron chi connectivity index (χ1n) is 8.47. The Labute approximate surface area is 161 Å². The van der Waals surface area contributed by atoms with Gasteiger partial charge in [0.25, 0.3) is 11.8 Å². The lowest BCUT2D eigenvalue weighted by Crippen LogP contribution is -2.42. The van der Waals surface area contributed by atoms with E-state index in [1.54, 1.807) is 30.1 Å². The van der Waals surface area contributed by atoms with Crippen LogP contribution in [0, 0.1) is 0 Å². The molecule has 0 saturated carbocycles. The van der Waals surface area contributed by atoms with E-state index in [-0.39, 0.29) is 31.3 Å². The minimum Gasteiger partial charge on any atom is -0.342 e. The van der Waals surface area contributed by atoms with Crippen LogP contribution in [-0.4, -0.2) is 71.6 Å². The van der Waals surface area contributed by atoms with E-state index >= 15 is 0 Å². The van der Waals surface area contributed by atoms with Crippen LogP contribution in [0.4, 0.5) is 0 Å². The van der Waals surface area contributed by atoms with Crippen molar-refractivity contribution >= 4 is 39.6 Å². The van der Waals surface area contributed by atoms with E-state index in [0.29, 0.717) is 28.7 Å². The van der Waals surface area contributed by atoms with E-state index in [4.69, 9.17) is 0 Å². The first kappa shape index (κ1) is 20.1. The van der Waals surface area contributed by atoms with E-state index in [0.717, 1.165) is 4.90 Å². The molecule has 1 aromatic rings. The van der Waals surface area contributed by atoms with Gasteiger partial charge in [-0.1, -0.05) is 15.9 Å². The average molecular weight is 424 g/mol. The number of hydrogen-bond acceptors (Lipinski definition) is 4. The van der Waals surface area contributed by atoms with Crippen molar-refractivity contribution in [1.82, 2.24) is 14.7 Å². The molecule has 0 bridgehead atoms. The van der Waals surface area contributed by atoms with Crippen molar-refractivity contribution in [2.75, 3.05) is 33.2 Å². The standard InChI is InChI=1S/C18H22BrN3O4/c1-4-21(5-2)16(24)11-20(3)15(23)8-9-22-17(25)13-7-6-12(19)10-14(13)18(22)26/h6-7,10H,4-5,8-9,11H2,1-3H3. The summed E-state index contributed by atoms with van der Waals surface area (Å²) < 4.78 is 0.713. The molecular formula is C18H22BrN3O4. The van der Waals surface area contributed by atoms with Crippen LogP contribution in [0.5, 0.6) is 0 Å². The van der Waals surface area contributed by atoms with Gasteiger partial charge in [-0.2, -0.15) is 0 Å². The first-order valence-corrected chi connectivity index (χ1v) is 9.26. The molecule has 0 atom stereocenters. The fourth-order valence-corrected chi connectivity index (χ4v) is 3.19. The maximum absolute atomic E-state index is 12.4. The number of imide groups is 1. The summed E-state index contributed by atoms with van der Waals surface area (Å²) in [6.07, 6.45) is -0.0192. The van der Waals surface area contributed by atoms with Gasteiger partial charge in [-0.05, 0) is 32.0 Å². The summed E-state index contributed by atoms with van der Waals surface area (Å²) in [4.78, 5) is 53.1. The topological polar surface area (TPSA) is 78.0 Å². The van der Waals surface area contributed by atoms with Crippen LogP contribution < -0.4 is 0 Å². The second kappa shape index (κ2) is 8.44. The highest BCUT2D eigenvalue weighted by molar-refractivity contribution is 9.10. The van der Waals surface area contributed by atoms with Gasteiger partial charge in [-0.25, -0.2) is 0 Å². The predicted molar refractivity (Wildman–Crippen MR) is 99.7 cm³/mol. The van der Waals surface area contributed by atoms with Crippen LogP contribution in [0.15, 0.2) is 22.7 Å². The molecule has 0 aliphatic carbocycles. The van der Waals surface area contributed by atoms with Crippen molar-refractivity contribution in [2.45, 2.75) is 20.3 Å². The Kier molecular flexibility index (Phi) is 6.52. The Morgan fingerprint density at radius 2 is 1.65 bits per heavy atom. The van der Waals surface area contributed by atoms with Crippen molar-refractivity contribution in [3.63, 3.8) is 0 Å². The van der Waals surface area contributed by atoms with E-state index in [1.807, 2.05) is 13.8 Å². The van der Waals surface area contributed by atoms with E-state index < -0.39 is 11.8 Å². The zero-order valence-electron chi connectivity index (χ0n) is 15.1. The molecule has 1 aromatic carbocycles. The Balaban J connectivity index is 1.94. The SMILES string of the molecule is CCN(CC)C(=O)CN(C)C(=O)CCN1C(=O)c2ccc(Br)cc2C1=O. The smallest absolute Gasteiger partial charge is 0.261 e. The van der Waals surface area contributed by atoms with Crippen LogP contribution >= 0.6 is 15.9 Å². The fourth-order valence-electron chi connectivity index (χ4n) is 2.83. The third-order valence-electron chi connectivity index (χ3n) is 4.40. The van der Waals surface area contributed by atoms with E-state index in [9.17, 15) is 19.2 Å². The van der Waals surface area contributed by atoms with Crippen molar-refractivity contribution in [3.05, 3.63) is 33.8 Å². The second-order valence-electron chi connectivity index (χ2n) is 6.02. The van der Waals surface area contributed by atoms with Crippen molar-refractivity contribution in [1.29, 1.82) is 0 Å². The lowest BCUT2D eigenvalue weighted by atomic mass is 10.1. The summed E-state index contributed by atoms with van der Waals surface area (Å²) in [5.41, 5.74) is 0.678. The molecule has 4 amide bonds. The number of hydrogen-bond donors (Lipinski definition) is 0. The maximum atomic E-state index is 12.4. The zero-order chi connectivity index (χ0) is 19.4. The monoisotopic (exact) mass is 423 g/mol. The molecule has 0 saturated heterocycles. The molecule has 0 aromatic heterocycles. The van der Waals surface area contributed by atoms with Crippen molar-refractivity contribution in [2.24, 2.45) is 0 Å². The number of likely N-dealkylation sites (N-methyl/N-ethyl adjacent to an activating group) is 2. The Hall–Kier alpha value is -2.22. The molecule has 8 heteroatoms. The minimum absolute atomic E-state index is 0.00734. The highest BCUT2D eigenvalue weighted by Crippen LogP contribution is 2.26. The Morgan fingerprint density at radius 3 is 2.27 bits per heavy atom. The lowest BCUT2D eigenvalue weighted by molar-refractivity contribution is -0.139. The maximum Gasteiger partial charge on any atom is 0.261 e. The molecule has 1 heterocycles. The first-order chi connectivity index (χ1) is 12.3. The van der Waals surface area contributed by atoms with Gasteiger partial charge < -0.3 is 9.80 Å². The Bertz CT molecular complexity index is 746. The molecule has 0 unspecified atom stereocenters. The van der Waals surface area contributed by atoms with Crippen molar-refractivity contribution < 1.29 is 19.2 Å². The highest BCUT2D eigenvalue weighted by atomic mass is 79.9. The predicted octanol–water partition coefficient (Wildman–Crippen LogP) is 1.76. The zero-order valence-corrected chi connectivity index (χ0v) is 16.7. The number of fused-ring (bicyclic) bond motifs is 1. The van der Waals surface area contributed by atoms with E-state index in [1.165, 1.54) is 4.90 Å². The van der Waals surface area contributed by atoms with Gasteiger partial charge in [0.05, 0.1) is 17.7 Å². The normalized spacial score (nSPS) is 13.0. The van der Waals surface area contributed by atoms with Crippen LogP contribution in [0.2, 0.25) is 0 Å². The van der Waals surface area contributed by atoms with Gasteiger partial charge in [-0.15, -0.1) is 0 Å². The molecule has 0 spiro atoms. The third kappa shape index (κ3) is 4.12. The summed E-state index contributed by atoms with van der Waals surface area (Å²) >= 11 is 3.28. The third-order valence-corrected chi connectivity index (χ3v) is 4.89. The molecule has 1 aliphatic heterocycles. The molecule has 0 N–H and O–H groups in total. The average Bonchev–Trinajstić information content (AvgIpc) is 2.84. The van der Waals surface area contributed by atoms with Gasteiger partial charge in [0.2, 0.25) is 11.8 Å². The highest BCUT2D eigenvalue weighted by Gasteiger charge is 2.35. The lowest BCUT2D eigenvalue weighted by Gasteiger charge is -2.23. The summed E-state index contributed by atoms with van der Waals surface area (Å²) in [5, 5.41) is 0. The molecule has 2 rings (SSSR count). The number of halogens is 1. The van der Waals surface area contributed by atoms with Crippen molar-refractivity contribution in [3.8, 4) is 0 Å². The van der Waals surface area contributed by atoms with Gasteiger partial charge in [0, 0.05) is 37.6 Å². The number of rotatable bonds is 7. The van der Waals surface area contributed by atoms with Crippen LogP contribution in [0.1, 0.15) is 41.0 Å². The fraction of sp³-hybridized carbons (Fsp3) is 0.444. The molecule has 0 fully saturated rings. The number of carbonyl (C=O) groups excluding carboxylic acids is 4. The second-order valence-corrected chi connectivity index (χ2v) is 6.93. The molecule has 0 radical (unpaired) electrons. The number of carbonyl (C=O) groups is 4.